The summed E-state index contributed by atoms with van der Waals surface area (Å²) in [6.07, 6.45) is 1.77. The van der Waals surface area contributed by atoms with Gasteiger partial charge in [-0.1, -0.05) is 18.2 Å². The lowest BCUT2D eigenvalue weighted by Gasteiger charge is -2.30. The van der Waals surface area contributed by atoms with Gasteiger partial charge in [0.2, 0.25) is 0 Å². The first-order valence-electron chi connectivity index (χ1n) is 7.12. The van der Waals surface area contributed by atoms with E-state index >= 15 is 0 Å². The van der Waals surface area contributed by atoms with Crippen LogP contribution in [0.4, 0.5) is 0 Å². The number of aromatic nitrogens is 1. The molecule has 2 amide bonds. The Kier molecular flexibility index (Phi) is 4.47. The number of rotatable bonds is 3. The van der Waals surface area contributed by atoms with E-state index in [0.717, 1.165) is 5.01 Å². The number of benzene rings is 1. The molecule has 0 fully saturated rings. The average Bonchev–Trinajstić information content (AvgIpc) is 2.89. The molecule has 0 aliphatic rings. The van der Waals surface area contributed by atoms with Crippen LogP contribution in [0.2, 0.25) is 0 Å². The van der Waals surface area contributed by atoms with E-state index in [2.05, 4.69) is 5.43 Å². The predicted molar refractivity (Wildman–Crippen MR) is 85.2 cm³/mol. The molecule has 0 unspecified atom stereocenters. The molecule has 0 saturated heterocycles. The minimum atomic E-state index is -0.425. The van der Waals surface area contributed by atoms with E-state index in [1.165, 1.54) is 0 Å². The van der Waals surface area contributed by atoms with Crippen LogP contribution in [0, 0.1) is 0 Å². The summed E-state index contributed by atoms with van der Waals surface area (Å²) >= 11 is 0. The van der Waals surface area contributed by atoms with Gasteiger partial charge >= 0.3 is 0 Å². The standard InChI is InChI=1S/C17H21N3O2/c1-17(2,3)18-20(15(21)13-9-6-5-7-10-13)16(22)14-11-8-12-19(14)4/h5-12,18H,1-4H3. The maximum Gasteiger partial charge on any atom is 0.291 e. The van der Waals surface area contributed by atoms with Crippen molar-refractivity contribution in [1.82, 2.24) is 15.0 Å². The van der Waals surface area contributed by atoms with E-state index in [-0.39, 0.29) is 11.8 Å². The van der Waals surface area contributed by atoms with Crippen molar-refractivity contribution in [3.63, 3.8) is 0 Å². The quantitative estimate of drug-likeness (QED) is 0.700. The maximum atomic E-state index is 12.7. The molecular weight excluding hydrogens is 278 g/mol. The zero-order valence-corrected chi connectivity index (χ0v) is 13.3. The van der Waals surface area contributed by atoms with E-state index in [1.54, 1.807) is 54.2 Å². The summed E-state index contributed by atoms with van der Waals surface area (Å²) in [5.74, 6) is -0.752. The Balaban J connectivity index is 2.37. The third kappa shape index (κ3) is 3.62. The Morgan fingerprint density at radius 2 is 1.64 bits per heavy atom. The van der Waals surface area contributed by atoms with Crippen molar-refractivity contribution in [1.29, 1.82) is 0 Å². The highest BCUT2D eigenvalue weighted by Gasteiger charge is 2.29. The van der Waals surface area contributed by atoms with Gasteiger partial charge in [0.25, 0.3) is 11.8 Å². The lowest BCUT2D eigenvalue weighted by molar-refractivity contribution is 0.0446. The topological polar surface area (TPSA) is 54.3 Å². The van der Waals surface area contributed by atoms with Crippen LogP contribution in [-0.2, 0) is 7.05 Å². The number of carbonyl (C=O) groups is 2. The fourth-order valence-electron chi connectivity index (χ4n) is 2.04. The number of carbonyl (C=O) groups excluding carboxylic acids is 2. The van der Waals surface area contributed by atoms with Crippen LogP contribution in [0.3, 0.4) is 0 Å². The van der Waals surface area contributed by atoms with Crippen molar-refractivity contribution in [3.8, 4) is 0 Å². The Bertz CT molecular complexity index is 669. The second-order valence-corrected chi connectivity index (χ2v) is 6.18. The van der Waals surface area contributed by atoms with E-state index in [1.807, 2.05) is 26.8 Å². The smallest absolute Gasteiger partial charge is 0.291 e. The van der Waals surface area contributed by atoms with Crippen molar-refractivity contribution < 1.29 is 9.59 Å². The van der Waals surface area contributed by atoms with Crippen molar-refractivity contribution in [2.75, 3.05) is 0 Å². The van der Waals surface area contributed by atoms with Crippen LogP contribution >= 0.6 is 0 Å². The highest BCUT2D eigenvalue weighted by Crippen LogP contribution is 2.12. The molecule has 22 heavy (non-hydrogen) atoms. The zero-order chi connectivity index (χ0) is 16.3. The number of amides is 2. The number of aryl methyl sites for hydroxylation is 1. The van der Waals surface area contributed by atoms with Gasteiger partial charge in [-0.2, -0.15) is 0 Å². The Hall–Kier alpha value is -2.40. The molecule has 0 spiro atoms. The summed E-state index contributed by atoms with van der Waals surface area (Å²) in [5.41, 5.74) is 3.47. The molecular formula is C17H21N3O2. The van der Waals surface area contributed by atoms with Crippen LogP contribution in [0.25, 0.3) is 0 Å². The van der Waals surface area contributed by atoms with Gasteiger partial charge in [-0.3, -0.25) is 9.59 Å². The molecule has 0 saturated carbocycles. The van der Waals surface area contributed by atoms with Gasteiger partial charge in [-0.05, 0) is 45.0 Å². The molecule has 1 N–H and O–H groups in total. The molecule has 1 aromatic heterocycles. The normalized spacial score (nSPS) is 11.3. The molecule has 0 radical (unpaired) electrons. The molecule has 2 rings (SSSR count). The fourth-order valence-corrected chi connectivity index (χ4v) is 2.04. The largest absolute Gasteiger partial charge is 0.347 e. The molecule has 2 aromatic rings. The third-order valence-electron chi connectivity index (χ3n) is 3.04. The van der Waals surface area contributed by atoms with E-state index in [0.29, 0.717) is 11.3 Å². The van der Waals surface area contributed by atoms with Crippen molar-refractivity contribution in [2.24, 2.45) is 7.05 Å². The minimum absolute atomic E-state index is 0.373. The second kappa shape index (κ2) is 6.15. The summed E-state index contributed by atoms with van der Waals surface area (Å²) in [6.45, 7) is 5.70. The summed E-state index contributed by atoms with van der Waals surface area (Å²) in [5, 5.41) is 1.09. The molecule has 116 valence electrons. The van der Waals surface area contributed by atoms with Gasteiger partial charge in [-0.25, -0.2) is 10.4 Å². The van der Waals surface area contributed by atoms with E-state index in [9.17, 15) is 9.59 Å². The van der Waals surface area contributed by atoms with Gasteiger partial charge in [0.05, 0.1) is 0 Å². The molecule has 1 heterocycles. The first kappa shape index (κ1) is 16.0. The van der Waals surface area contributed by atoms with Crippen molar-refractivity contribution in [2.45, 2.75) is 26.3 Å². The summed E-state index contributed by atoms with van der Waals surface area (Å²) in [4.78, 5) is 25.4. The van der Waals surface area contributed by atoms with Crippen LogP contribution in [0.15, 0.2) is 48.7 Å². The molecule has 5 nitrogen and oxygen atoms in total. The Morgan fingerprint density at radius 1 is 1.00 bits per heavy atom. The zero-order valence-electron chi connectivity index (χ0n) is 13.3. The third-order valence-corrected chi connectivity index (χ3v) is 3.04. The first-order chi connectivity index (χ1) is 10.3. The van der Waals surface area contributed by atoms with Crippen LogP contribution < -0.4 is 5.43 Å². The van der Waals surface area contributed by atoms with Gasteiger partial charge < -0.3 is 4.57 Å². The van der Waals surface area contributed by atoms with Gasteiger partial charge in [0.1, 0.15) is 5.69 Å². The Morgan fingerprint density at radius 3 is 2.14 bits per heavy atom. The Labute approximate surface area is 130 Å². The van der Waals surface area contributed by atoms with Crippen LogP contribution in [-0.4, -0.2) is 26.9 Å². The van der Waals surface area contributed by atoms with Crippen molar-refractivity contribution >= 4 is 11.8 Å². The predicted octanol–water partition coefficient (Wildman–Crippen LogP) is 2.61. The summed E-state index contributed by atoms with van der Waals surface area (Å²) in [6, 6.07) is 12.2. The monoisotopic (exact) mass is 299 g/mol. The average molecular weight is 299 g/mol. The van der Waals surface area contributed by atoms with E-state index < -0.39 is 5.54 Å². The molecule has 5 heteroatoms. The molecule has 0 aliphatic carbocycles. The number of hydrogen-bond acceptors (Lipinski definition) is 3. The number of imide groups is 1. The van der Waals surface area contributed by atoms with E-state index in [4.69, 9.17) is 0 Å². The number of nitrogens with zero attached hydrogens (tertiary/aromatic N) is 2. The molecule has 0 aliphatic heterocycles. The maximum absolute atomic E-state index is 12.7. The summed E-state index contributed by atoms with van der Waals surface area (Å²) < 4.78 is 1.69. The minimum Gasteiger partial charge on any atom is -0.347 e. The molecule has 0 atom stereocenters. The highest BCUT2D eigenvalue weighted by molar-refractivity contribution is 6.09. The first-order valence-corrected chi connectivity index (χ1v) is 7.12. The lowest BCUT2D eigenvalue weighted by atomic mass is 10.1. The number of nitrogens with one attached hydrogen (secondary N) is 1. The van der Waals surface area contributed by atoms with Crippen LogP contribution in [0.1, 0.15) is 41.6 Å². The second-order valence-electron chi connectivity index (χ2n) is 6.18. The molecule has 1 aromatic carbocycles. The van der Waals surface area contributed by atoms with Gasteiger partial charge in [-0.15, -0.1) is 0 Å². The van der Waals surface area contributed by atoms with Crippen LogP contribution in [0.5, 0.6) is 0 Å². The van der Waals surface area contributed by atoms with Gasteiger partial charge in [0, 0.05) is 24.3 Å². The SMILES string of the molecule is Cn1cccc1C(=O)N(NC(C)(C)C)C(=O)c1ccccc1. The summed E-state index contributed by atoms with van der Waals surface area (Å²) in [7, 11) is 1.77. The number of hydrazine groups is 1. The lowest BCUT2D eigenvalue weighted by Crippen LogP contribution is -2.55. The van der Waals surface area contributed by atoms with Gasteiger partial charge in [0.15, 0.2) is 0 Å². The number of hydrogen-bond donors (Lipinski definition) is 1. The fraction of sp³-hybridized carbons (Fsp3) is 0.294. The molecule has 0 bridgehead atoms. The van der Waals surface area contributed by atoms with Crippen molar-refractivity contribution in [3.05, 3.63) is 59.9 Å². The highest BCUT2D eigenvalue weighted by atomic mass is 16.2.